The first-order valence-corrected chi connectivity index (χ1v) is 6.43. The van der Waals surface area contributed by atoms with E-state index in [1.807, 2.05) is 0 Å². The third kappa shape index (κ3) is 1.04. The van der Waals surface area contributed by atoms with E-state index in [-0.39, 0.29) is 0 Å². The van der Waals surface area contributed by atoms with E-state index in [4.69, 9.17) is 4.98 Å². The lowest BCUT2D eigenvalue weighted by atomic mass is 10.0. The first-order valence-electron chi connectivity index (χ1n) is 6.43. The zero-order chi connectivity index (χ0) is 12.4. The summed E-state index contributed by atoms with van der Waals surface area (Å²) in [5.74, 6) is 0. The normalized spacial score (nSPS) is 12.2. The lowest BCUT2D eigenvalue weighted by Crippen LogP contribution is -1.82. The van der Waals surface area contributed by atoms with Crippen molar-refractivity contribution in [3.63, 3.8) is 0 Å². The quantitative estimate of drug-likeness (QED) is 0.399. The van der Waals surface area contributed by atoms with Gasteiger partial charge >= 0.3 is 0 Å². The van der Waals surface area contributed by atoms with Gasteiger partial charge in [0, 0.05) is 10.8 Å². The molecule has 0 amide bonds. The molecule has 1 N–H and O–H groups in total. The maximum Gasteiger partial charge on any atom is 0.139 e. The van der Waals surface area contributed by atoms with Gasteiger partial charge in [-0.25, -0.2) is 4.98 Å². The Labute approximate surface area is 109 Å². The van der Waals surface area contributed by atoms with Crippen LogP contribution in [0.15, 0.2) is 54.6 Å². The summed E-state index contributed by atoms with van der Waals surface area (Å²) in [6, 6.07) is 19.2. The lowest BCUT2D eigenvalue weighted by molar-refractivity contribution is 1.48. The second-order valence-electron chi connectivity index (χ2n) is 5.00. The van der Waals surface area contributed by atoms with Crippen molar-refractivity contribution in [3.05, 3.63) is 54.6 Å². The molecule has 0 radical (unpaired) electrons. The average Bonchev–Trinajstić information content (AvgIpc) is 2.88. The number of H-pyrrole nitrogens is 1. The fourth-order valence-corrected chi connectivity index (χ4v) is 3.12. The maximum atomic E-state index is 4.74. The molecular weight excluding hydrogens is 232 g/mol. The highest BCUT2D eigenvalue weighted by atomic mass is 14.9. The van der Waals surface area contributed by atoms with Crippen molar-refractivity contribution >= 4 is 43.6 Å². The lowest BCUT2D eigenvalue weighted by Gasteiger charge is -2.05. The van der Waals surface area contributed by atoms with Gasteiger partial charge in [0.05, 0.1) is 11.0 Å². The third-order valence-electron chi connectivity index (χ3n) is 3.97. The summed E-state index contributed by atoms with van der Waals surface area (Å²) in [5.41, 5.74) is 3.19. The molecule has 0 saturated carbocycles. The number of imidazole rings is 1. The summed E-state index contributed by atoms with van der Waals surface area (Å²) < 4.78 is 0. The Hall–Kier alpha value is -2.61. The minimum Gasteiger partial charge on any atom is -0.338 e. The second-order valence-corrected chi connectivity index (χ2v) is 5.00. The molecule has 5 rings (SSSR count). The number of benzene rings is 3. The number of nitrogens with zero attached hydrogens (tertiary/aromatic N) is 1. The standard InChI is InChI=1S/C17H10N2/c1-2-5-11-10(4-1)8-9-12-13-6-3-7-14-16(13)19-17(18-14)15(11)12/h1-9H,(H,18,19). The van der Waals surface area contributed by atoms with Crippen LogP contribution in [0.1, 0.15) is 0 Å². The van der Waals surface area contributed by atoms with Gasteiger partial charge in [0.2, 0.25) is 0 Å². The predicted octanol–water partition coefficient (Wildman–Crippen LogP) is 4.46. The van der Waals surface area contributed by atoms with E-state index in [9.17, 15) is 0 Å². The van der Waals surface area contributed by atoms with E-state index in [1.165, 1.54) is 26.9 Å². The highest BCUT2D eigenvalue weighted by molar-refractivity contribution is 6.24. The third-order valence-corrected chi connectivity index (χ3v) is 3.97. The van der Waals surface area contributed by atoms with Crippen LogP contribution < -0.4 is 0 Å². The van der Waals surface area contributed by atoms with Crippen molar-refractivity contribution in [1.29, 1.82) is 0 Å². The Morgan fingerprint density at radius 1 is 0.737 bits per heavy atom. The van der Waals surface area contributed by atoms with Gasteiger partial charge in [0.25, 0.3) is 0 Å². The molecule has 2 heteroatoms. The predicted molar refractivity (Wildman–Crippen MR) is 79.8 cm³/mol. The number of aromatic nitrogens is 2. The minimum absolute atomic E-state index is 0.987. The van der Waals surface area contributed by atoms with Crippen molar-refractivity contribution in [3.8, 4) is 0 Å². The molecule has 5 aromatic rings. The summed E-state index contributed by atoms with van der Waals surface area (Å²) in [7, 11) is 0. The van der Waals surface area contributed by atoms with Crippen LogP contribution in [0.25, 0.3) is 43.6 Å². The van der Waals surface area contributed by atoms with Crippen molar-refractivity contribution in [2.75, 3.05) is 0 Å². The largest absolute Gasteiger partial charge is 0.338 e. The Morgan fingerprint density at radius 2 is 1.63 bits per heavy atom. The van der Waals surface area contributed by atoms with E-state index in [1.54, 1.807) is 0 Å². The molecule has 0 atom stereocenters. The molecule has 88 valence electrons. The van der Waals surface area contributed by atoms with Gasteiger partial charge in [-0.05, 0) is 22.2 Å². The SMILES string of the molecule is c1ccc2c(c1)ccc1c3cccc4[nH]c(nc43)c21. The van der Waals surface area contributed by atoms with Crippen molar-refractivity contribution in [2.24, 2.45) is 0 Å². The van der Waals surface area contributed by atoms with E-state index in [2.05, 4.69) is 59.6 Å². The van der Waals surface area contributed by atoms with Crippen LogP contribution in [0.2, 0.25) is 0 Å². The molecule has 0 aliphatic carbocycles. The molecule has 0 aliphatic rings. The van der Waals surface area contributed by atoms with Crippen LogP contribution in [0.4, 0.5) is 0 Å². The first-order chi connectivity index (χ1) is 9.42. The molecule has 0 fully saturated rings. The molecule has 0 spiro atoms. The van der Waals surface area contributed by atoms with Gasteiger partial charge in [-0.15, -0.1) is 0 Å². The fraction of sp³-hybridized carbons (Fsp3) is 0. The molecule has 2 nitrogen and oxygen atoms in total. The molecule has 2 bridgehead atoms. The second kappa shape index (κ2) is 3.04. The highest BCUT2D eigenvalue weighted by Crippen LogP contribution is 2.35. The molecule has 3 aromatic carbocycles. The summed E-state index contributed by atoms with van der Waals surface area (Å²) in [6.45, 7) is 0. The Morgan fingerprint density at radius 3 is 2.63 bits per heavy atom. The maximum absolute atomic E-state index is 4.74. The molecule has 0 unspecified atom stereocenters. The zero-order valence-electron chi connectivity index (χ0n) is 10.1. The Kier molecular flexibility index (Phi) is 1.49. The zero-order valence-corrected chi connectivity index (χ0v) is 10.1. The van der Waals surface area contributed by atoms with E-state index in [0.29, 0.717) is 0 Å². The number of hydrogen-bond acceptors (Lipinski definition) is 1. The van der Waals surface area contributed by atoms with Gasteiger partial charge in [-0.3, -0.25) is 0 Å². The van der Waals surface area contributed by atoms with Crippen molar-refractivity contribution in [2.45, 2.75) is 0 Å². The molecule has 0 aliphatic heterocycles. The number of rotatable bonds is 0. The number of nitrogens with one attached hydrogen (secondary N) is 1. The van der Waals surface area contributed by atoms with Gasteiger partial charge in [0.15, 0.2) is 0 Å². The smallest absolute Gasteiger partial charge is 0.139 e. The van der Waals surface area contributed by atoms with Crippen LogP contribution in [-0.2, 0) is 0 Å². The van der Waals surface area contributed by atoms with Gasteiger partial charge in [-0.2, -0.15) is 0 Å². The molecular formula is C17H10N2. The van der Waals surface area contributed by atoms with Crippen LogP contribution >= 0.6 is 0 Å². The van der Waals surface area contributed by atoms with Crippen LogP contribution in [-0.4, -0.2) is 9.97 Å². The summed E-state index contributed by atoms with van der Waals surface area (Å²) >= 11 is 0. The van der Waals surface area contributed by atoms with Crippen molar-refractivity contribution in [1.82, 2.24) is 9.97 Å². The summed E-state index contributed by atoms with van der Waals surface area (Å²) in [6.07, 6.45) is 0. The van der Waals surface area contributed by atoms with Crippen molar-refractivity contribution < 1.29 is 0 Å². The van der Waals surface area contributed by atoms with E-state index >= 15 is 0 Å². The summed E-state index contributed by atoms with van der Waals surface area (Å²) in [5, 5.41) is 6.26. The number of pyridine rings is 1. The summed E-state index contributed by atoms with van der Waals surface area (Å²) in [4.78, 5) is 8.17. The average molecular weight is 242 g/mol. The number of aromatic amines is 1. The van der Waals surface area contributed by atoms with E-state index in [0.717, 1.165) is 16.7 Å². The van der Waals surface area contributed by atoms with Crippen LogP contribution in [0.3, 0.4) is 0 Å². The fourth-order valence-electron chi connectivity index (χ4n) is 3.12. The minimum atomic E-state index is 0.987. The highest BCUT2D eigenvalue weighted by Gasteiger charge is 2.13. The van der Waals surface area contributed by atoms with Crippen LogP contribution in [0.5, 0.6) is 0 Å². The molecule has 2 aromatic heterocycles. The first kappa shape index (κ1) is 9.34. The monoisotopic (exact) mass is 242 g/mol. The van der Waals surface area contributed by atoms with Crippen LogP contribution in [0, 0.1) is 0 Å². The van der Waals surface area contributed by atoms with Gasteiger partial charge in [0.1, 0.15) is 5.65 Å². The molecule has 19 heavy (non-hydrogen) atoms. The molecule has 0 saturated heterocycles. The molecule has 2 heterocycles. The van der Waals surface area contributed by atoms with E-state index < -0.39 is 0 Å². The Bertz CT molecular complexity index is 1050. The number of hydrogen-bond donors (Lipinski definition) is 1. The van der Waals surface area contributed by atoms with Gasteiger partial charge < -0.3 is 4.98 Å². The Balaban J connectivity index is 2.25. The van der Waals surface area contributed by atoms with Gasteiger partial charge in [-0.1, -0.05) is 48.5 Å². The number of para-hydroxylation sites is 1. The number of fused-ring (bicyclic) bond motifs is 6. The topological polar surface area (TPSA) is 28.7 Å².